The Morgan fingerprint density at radius 3 is 2.88 bits per heavy atom. The Morgan fingerprint density at radius 1 is 1.27 bits per heavy atom. The minimum absolute atomic E-state index is 0.167. The molecule has 4 rings (SSSR count). The van der Waals surface area contributed by atoms with Crippen molar-refractivity contribution in [3.05, 3.63) is 46.4 Å². The molecule has 1 heterocycles. The fraction of sp³-hybridized carbons (Fsp3) is 0.571. The third-order valence-corrected chi connectivity index (χ3v) is 6.21. The number of aryl methyl sites for hydroxylation is 1. The second kappa shape index (κ2) is 7.59. The van der Waals surface area contributed by atoms with E-state index in [4.69, 9.17) is 21.4 Å². The topological polar surface area (TPSA) is 27.1 Å². The summed E-state index contributed by atoms with van der Waals surface area (Å²) in [4.78, 5) is 0. The molecule has 26 heavy (non-hydrogen) atoms. The zero-order valence-electron chi connectivity index (χ0n) is 15.3. The van der Waals surface area contributed by atoms with E-state index in [-0.39, 0.29) is 12.4 Å². The fourth-order valence-corrected chi connectivity index (χ4v) is 4.90. The van der Waals surface area contributed by atoms with Crippen LogP contribution in [0.5, 0.6) is 5.88 Å². The molecule has 2 bridgehead atoms. The first kappa shape index (κ1) is 17.8. The summed E-state index contributed by atoms with van der Waals surface area (Å²) in [7, 11) is 0. The Bertz CT molecular complexity index is 775. The number of fused-ring (bicyclic) bond motifs is 2. The van der Waals surface area contributed by atoms with Gasteiger partial charge in [0.1, 0.15) is 12.4 Å². The van der Waals surface area contributed by atoms with Crippen molar-refractivity contribution in [3.63, 3.8) is 0 Å². The lowest BCUT2D eigenvalue weighted by Crippen LogP contribution is -2.19. The van der Waals surface area contributed by atoms with Crippen LogP contribution in [0.1, 0.15) is 50.3 Å². The molecule has 2 fully saturated rings. The number of hydrogen-bond acceptors (Lipinski definition) is 2. The van der Waals surface area contributed by atoms with Crippen LogP contribution in [0.3, 0.4) is 0 Å². The van der Waals surface area contributed by atoms with Crippen molar-refractivity contribution < 1.29 is 9.13 Å². The van der Waals surface area contributed by atoms with Gasteiger partial charge in [-0.1, -0.05) is 31.4 Å². The Labute approximate surface area is 159 Å². The number of halogens is 2. The first-order chi connectivity index (χ1) is 12.6. The summed E-state index contributed by atoms with van der Waals surface area (Å²) in [6.07, 6.45) is 7.45. The van der Waals surface area contributed by atoms with Crippen molar-refractivity contribution in [2.45, 2.75) is 58.6 Å². The highest BCUT2D eigenvalue weighted by molar-refractivity contribution is 6.30. The van der Waals surface area contributed by atoms with Crippen LogP contribution in [0.15, 0.2) is 24.3 Å². The van der Waals surface area contributed by atoms with Crippen LogP contribution in [0.2, 0.25) is 5.02 Å². The monoisotopic (exact) mass is 376 g/mol. The zero-order chi connectivity index (χ0) is 18.1. The van der Waals surface area contributed by atoms with Crippen LogP contribution in [0.25, 0.3) is 0 Å². The van der Waals surface area contributed by atoms with E-state index in [0.717, 1.165) is 42.8 Å². The molecule has 1 aromatic carbocycles. The summed E-state index contributed by atoms with van der Waals surface area (Å²) < 4.78 is 22.0. The Kier molecular flexibility index (Phi) is 5.21. The SMILES string of the molecule is CCCc1cc(OCc2cc(Cl)ccc2F)n(CC2CC3CCC2C3)n1. The van der Waals surface area contributed by atoms with Crippen molar-refractivity contribution in [2.24, 2.45) is 17.8 Å². The largest absolute Gasteiger partial charge is 0.473 e. The van der Waals surface area contributed by atoms with Gasteiger partial charge in [-0.15, -0.1) is 0 Å². The third kappa shape index (κ3) is 3.75. The van der Waals surface area contributed by atoms with Gasteiger partial charge in [0.25, 0.3) is 0 Å². The quantitative estimate of drug-likeness (QED) is 0.624. The van der Waals surface area contributed by atoms with Crippen LogP contribution < -0.4 is 4.74 Å². The van der Waals surface area contributed by atoms with E-state index in [9.17, 15) is 4.39 Å². The van der Waals surface area contributed by atoms with Gasteiger partial charge in [-0.3, -0.25) is 0 Å². The van der Waals surface area contributed by atoms with Crippen LogP contribution in [0, 0.1) is 23.6 Å². The number of rotatable bonds is 7. The standard InChI is InChI=1S/C21H26ClFN2O/c1-2-3-19-11-21(26-13-17-10-18(22)6-7-20(17)23)25(24-19)12-16-9-14-4-5-15(16)8-14/h6-7,10-11,14-16H,2-5,8-9,12-13H2,1H3. The summed E-state index contributed by atoms with van der Waals surface area (Å²) in [5, 5.41) is 5.29. The average molecular weight is 377 g/mol. The molecule has 0 amide bonds. The zero-order valence-corrected chi connectivity index (χ0v) is 16.0. The maximum absolute atomic E-state index is 14.0. The van der Waals surface area contributed by atoms with Gasteiger partial charge < -0.3 is 4.74 Å². The van der Waals surface area contributed by atoms with E-state index in [0.29, 0.717) is 16.5 Å². The highest BCUT2D eigenvalue weighted by Gasteiger charge is 2.39. The highest BCUT2D eigenvalue weighted by atomic mass is 35.5. The summed E-state index contributed by atoms with van der Waals surface area (Å²) in [5.74, 6) is 2.92. The average Bonchev–Trinajstić information content (AvgIpc) is 3.32. The number of aromatic nitrogens is 2. The molecule has 0 aliphatic heterocycles. The van der Waals surface area contributed by atoms with Gasteiger partial charge in [-0.05, 0) is 61.6 Å². The molecular formula is C21H26ClFN2O. The number of benzene rings is 1. The second-order valence-electron chi connectivity index (χ2n) is 7.87. The molecule has 0 N–H and O–H groups in total. The highest BCUT2D eigenvalue weighted by Crippen LogP contribution is 2.49. The maximum atomic E-state index is 14.0. The molecule has 0 saturated heterocycles. The Morgan fingerprint density at radius 2 is 2.15 bits per heavy atom. The van der Waals surface area contributed by atoms with Crippen molar-refractivity contribution in [2.75, 3.05) is 0 Å². The van der Waals surface area contributed by atoms with E-state index < -0.39 is 0 Å². The fourth-order valence-electron chi connectivity index (χ4n) is 4.70. The number of hydrogen-bond donors (Lipinski definition) is 0. The van der Waals surface area contributed by atoms with Gasteiger partial charge in [0, 0.05) is 23.2 Å². The normalized spacial score (nSPS) is 24.3. The lowest BCUT2D eigenvalue weighted by molar-refractivity contribution is 0.234. The Balaban J connectivity index is 1.49. The first-order valence-corrected chi connectivity index (χ1v) is 10.1. The Hall–Kier alpha value is -1.55. The van der Waals surface area contributed by atoms with Gasteiger partial charge in [-0.2, -0.15) is 5.10 Å². The van der Waals surface area contributed by atoms with Crippen molar-refractivity contribution in [1.29, 1.82) is 0 Å². The molecule has 140 valence electrons. The maximum Gasteiger partial charge on any atom is 0.212 e. The van der Waals surface area contributed by atoms with E-state index in [1.54, 1.807) is 12.1 Å². The summed E-state index contributed by atoms with van der Waals surface area (Å²) in [6.45, 7) is 3.23. The van der Waals surface area contributed by atoms with Gasteiger partial charge in [-0.25, -0.2) is 9.07 Å². The number of ether oxygens (including phenoxy) is 1. The van der Waals surface area contributed by atoms with Gasteiger partial charge in [0.15, 0.2) is 0 Å². The lowest BCUT2D eigenvalue weighted by atomic mass is 9.89. The van der Waals surface area contributed by atoms with Crippen LogP contribution in [-0.4, -0.2) is 9.78 Å². The first-order valence-electron chi connectivity index (χ1n) is 9.75. The minimum Gasteiger partial charge on any atom is -0.473 e. The molecule has 2 saturated carbocycles. The predicted octanol–water partition coefficient (Wildman–Crippen LogP) is 5.64. The van der Waals surface area contributed by atoms with Crippen molar-refractivity contribution >= 4 is 11.6 Å². The molecule has 2 aromatic rings. The smallest absolute Gasteiger partial charge is 0.212 e. The van der Waals surface area contributed by atoms with Gasteiger partial charge in [0.05, 0.1) is 5.69 Å². The third-order valence-electron chi connectivity index (χ3n) is 5.98. The van der Waals surface area contributed by atoms with Crippen LogP contribution in [0.4, 0.5) is 4.39 Å². The number of nitrogens with zero attached hydrogens (tertiary/aromatic N) is 2. The van der Waals surface area contributed by atoms with Crippen LogP contribution in [-0.2, 0) is 19.6 Å². The molecule has 0 radical (unpaired) electrons. The molecule has 5 heteroatoms. The van der Waals surface area contributed by atoms with Gasteiger partial charge >= 0.3 is 0 Å². The van der Waals surface area contributed by atoms with Crippen molar-refractivity contribution in [3.8, 4) is 5.88 Å². The molecule has 3 nitrogen and oxygen atoms in total. The molecule has 2 aliphatic rings. The van der Waals surface area contributed by atoms with Crippen molar-refractivity contribution in [1.82, 2.24) is 9.78 Å². The van der Waals surface area contributed by atoms with E-state index in [1.807, 2.05) is 10.7 Å². The molecular weight excluding hydrogens is 351 g/mol. The lowest BCUT2D eigenvalue weighted by Gasteiger charge is -2.22. The van der Waals surface area contributed by atoms with E-state index in [2.05, 4.69) is 6.92 Å². The minimum atomic E-state index is -0.289. The second-order valence-corrected chi connectivity index (χ2v) is 8.30. The molecule has 3 atom stereocenters. The molecule has 1 aromatic heterocycles. The van der Waals surface area contributed by atoms with Gasteiger partial charge in [0.2, 0.25) is 5.88 Å². The summed E-state index contributed by atoms with van der Waals surface area (Å²) >= 11 is 5.98. The molecule has 2 aliphatic carbocycles. The molecule has 3 unspecified atom stereocenters. The van der Waals surface area contributed by atoms with E-state index >= 15 is 0 Å². The predicted molar refractivity (Wildman–Crippen MR) is 101 cm³/mol. The summed E-state index contributed by atoms with van der Waals surface area (Å²) in [6, 6.07) is 6.58. The molecule has 0 spiro atoms. The summed E-state index contributed by atoms with van der Waals surface area (Å²) in [5.41, 5.74) is 1.53. The van der Waals surface area contributed by atoms with Crippen LogP contribution >= 0.6 is 11.6 Å². The van der Waals surface area contributed by atoms with E-state index in [1.165, 1.54) is 31.7 Å².